The third-order valence-corrected chi connectivity index (χ3v) is 2.24. The van der Waals surface area contributed by atoms with Crippen LogP contribution in [0.3, 0.4) is 0 Å². The van der Waals surface area contributed by atoms with Crippen molar-refractivity contribution < 1.29 is 9.90 Å². The molecular weight excluding hydrogens is 218 g/mol. The van der Waals surface area contributed by atoms with Crippen molar-refractivity contribution in [1.29, 1.82) is 0 Å². The van der Waals surface area contributed by atoms with E-state index in [4.69, 9.17) is 11.5 Å². The van der Waals surface area contributed by atoms with Crippen LogP contribution in [0.4, 0.5) is 5.69 Å². The molecule has 0 aliphatic rings. The predicted molar refractivity (Wildman–Crippen MR) is 63.8 cm³/mol. The van der Waals surface area contributed by atoms with Crippen molar-refractivity contribution in [3.8, 4) is 12.3 Å². The normalized spacial score (nSPS) is 9.82. The van der Waals surface area contributed by atoms with Crippen molar-refractivity contribution in [2.24, 2.45) is 0 Å². The van der Waals surface area contributed by atoms with E-state index in [1.165, 1.54) is 0 Å². The summed E-state index contributed by atoms with van der Waals surface area (Å²) in [6.07, 6.45) is 5.15. The Morgan fingerprint density at radius 1 is 1.41 bits per heavy atom. The zero-order chi connectivity index (χ0) is 12.3. The first kappa shape index (κ1) is 10.9. The van der Waals surface area contributed by atoms with E-state index >= 15 is 0 Å². The summed E-state index contributed by atoms with van der Waals surface area (Å²) in [6.45, 7) is 0.232. The highest BCUT2D eigenvalue weighted by atomic mass is 16.4. The summed E-state index contributed by atoms with van der Waals surface area (Å²) in [6, 6.07) is 7.14. The Bertz CT molecular complexity index is 617. The average Bonchev–Trinajstić information content (AvgIpc) is 2.35. The number of benzene rings is 1. The van der Waals surface area contributed by atoms with Gasteiger partial charge in [0.15, 0.2) is 5.69 Å². The fraction of sp³-hybridized carbons (Fsp3) is 0.0833. The number of nitrogens with one attached hydrogen (secondary N) is 1. The zero-order valence-electron chi connectivity index (χ0n) is 8.84. The molecule has 17 heavy (non-hydrogen) atoms. The molecular formula is C12H9N3O2. The molecule has 0 atom stereocenters. The maximum Gasteiger partial charge on any atom is 0.358 e. The molecule has 0 saturated heterocycles. The molecule has 0 aliphatic heterocycles. The number of aromatic nitrogens is 2. The van der Waals surface area contributed by atoms with Gasteiger partial charge in [-0.05, 0) is 6.07 Å². The van der Waals surface area contributed by atoms with E-state index in [9.17, 15) is 4.79 Å². The van der Waals surface area contributed by atoms with Gasteiger partial charge in [-0.2, -0.15) is 0 Å². The van der Waals surface area contributed by atoms with Gasteiger partial charge in [-0.3, -0.25) is 0 Å². The molecule has 2 rings (SSSR count). The van der Waals surface area contributed by atoms with Crippen LogP contribution in [0.1, 0.15) is 10.5 Å². The lowest BCUT2D eigenvalue weighted by atomic mass is 10.1. The summed E-state index contributed by atoms with van der Waals surface area (Å²) in [5.41, 5.74) is 0.900. The number of hydrogen-bond donors (Lipinski definition) is 2. The van der Waals surface area contributed by atoms with Gasteiger partial charge in [0.05, 0.1) is 17.7 Å². The van der Waals surface area contributed by atoms with E-state index < -0.39 is 5.97 Å². The van der Waals surface area contributed by atoms with Crippen LogP contribution in [0.15, 0.2) is 24.3 Å². The summed E-state index contributed by atoms with van der Waals surface area (Å²) < 4.78 is 0. The minimum Gasteiger partial charge on any atom is -0.476 e. The van der Waals surface area contributed by atoms with Crippen LogP contribution in [0.25, 0.3) is 10.9 Å². The Hall–Kier alpha value is -2.61. The number of fused-ring (bicyclic) bond motifs is 1. The van der Waals surface area contributed by atoms with Crippen LogP contribution in [-0.4, -0.2) is 27.8 Å². The first-order valence-electron chi connectivity index (χ1n) is 4.90. The van der Waals surface area contributed by atoms with Gasteiger partial charge in [-0.25, -0.2) is 4.79 Å². The van der Waals surface area contributed by atoms with Gasteiger partial charge < -0.3 is 10.4 Å². The van der Waals surface area contributed by atoms with E-state index in [-0.39, 0.29) is 12.2 Å². The first-order chi connectivity index (χ1) is 8.24. The topological polar surface area (TPSA) is 75.1 Å². The van der Waals surface area contributed by atoms with E-state index in [2.05, 4.69) is 21.4 Å². The van der Waals surface area contributed by atoms with Crippen molar-refractivity contribution in [2.45, 2.75) is 0 Å². The number of carbonyl (C=O) groups is 1. The number of carboxylic acids is 1. The summed E-state index contributed by atoms with van der Waals surface area (Å²) in [7, 11) is 0. The third-order valence-electron chi connectivity index (χ3n) is 2.24. The van der Waals surface area contributed by atoms with Crippen LogP contribution >= 0.6 is 0 Å². The van der Waals surface area contributed by atoms with Gasteiger partial charge in [0.1, 0.15) is 0 Å². The molecule has 0 aliphatic carbocycles. The van der Waals surface area contributed by atoms with Crippen LogP contribution in [0.2, 0.25) is 0 Å². The number of anilines is 1. The van der Waals surface area contributed by atoms with Gasteiger partial charge >= 0.3 is 5.97 Å². The molecule has 5 heteroatoms. The monoisotopic (exact) mass is 227 g/mol. The second kappa shape index (κ2) is 4.49. The van der Waals surface area contributed by atoms with Crippen molar-refractivity contribution in [3.05, 3.63) is 30.0 Å². The van der Waals surface area contributed by atoms with Crippen molar-refractivity contribution in [2.75, 3.05) is 11.9 Å². The molecule has 5 nitrogen and oxygen atoms in total. The number of rotatable bonds is 3. The number of terminal acetylenes is 1. The number of carboxylic acid groups (broad SMARTS) is 1. The second-order valence-corrected chi connectivity index (χ2v) is 3.30. The molecule has 0 spiro atoms. The van der Waals surface area contributed by atoms with Crippen LogP contribution in [-0.2, 0) is 0 Å². The van der Waals surface area contributed by atoms with Crippen molar-refractivity contribution in [1.82, 2.24) is 10.2 Å². The summed E-state index contributed by atoms with van der Waals surface area (Å²) >= 11 is 0. The highest BCUT2D eigenvalue weighted by molar-refractivity contribution is 6.02. The molecule has 1 aromatic heterocycles. The quantitative estimate of drug-likeness (QED) is 0.774. The average molecular weight is 227 g/mol. The molecule has 1 heterocycles. The van der Waals surface area contributed by atoms with Crippen molar-refractivity contribution in [3.63, 3.8) is 0 Å². The van der Waals surface area contributed by atoms with Crippen molar-refractivity contribution >= 4 is 22.6 Å². The second-order valence-electron chi connectivity index (χ2n) is 3.30. The Morgan fingerprint density at radius 2 is 2.18 bits per heavy atom. The molecule has 2 aromatic rings. The minimum absolute atomic E-state index is 0.126. The van der Waals surface area contributed by atoms with Crippen LogP contribution < -0.4 is 5.32 Å². The fourth-order valence-corrected chi connectivity index (χ4v) is 1.52. The highest BCUT2D eigenvalue weighted by Crippen LogP contribution is 2.23. The minimum atomic E-state index is -1.14. The summed E-state index contributed by atoms with van der Waals surface area (Å²) in [5, 5.41) is 20.1. The van der Waals surface area contributed by atoms with E-state index in [0.717, 1.165) is 0 Å². The van der Waals surface area contributed by atoms with Gasteiger partial charge in [0.2, 0.25) is 0 Å². The lowest BCUT2D eigenvalue weighted by Gasteiger charge is -2.08. The zero-order valence-corrected chi connectivity index (χ0v) is 8.84. The van der Waals surface area contributed by atoms with Crippen LogP contribution in [0.5, 0.6) is 0 Å². The SMILES string of the molecule is C#CCNc1c(C(=O)O)nnc2ccccc12. The Balaban J connectivity index is 2.66. The van der Waals surface area contributed by atoms with Gasteiger partial charge in [0, 0.05) is 5.39 Å². The molecule has 0 saturated carbocycles. The lowest BCUT2D eigenvalue weighted by Crippen LogP contribution is -2.10. The number of nitrogens with zero attached hydrogens (tertiary/aromatic N) is 2. The molecule has 1 aromatic carbocycles. The maximum absolute atomic E-state index is 11.0. The van der Waals surface area contributed by atoms with Gasteiger partial charge in [-0.15, -0.1) is 16.6 Å². The van der Waals surface area contributed by atoms with E-state index in [1.54, 1.807) is 18.2 Å². The number of hydrogen-bond acceptors (Lipinski definition) is 4. The standard InChI is InChI=1S/C12H9N3O2/c1-2-7-13-10-8-5-3-4-6-9(8)14-15-11(10)12(16)17/h1,3-6H,7H2,(H,13,14)(H,16,17). The highest BCUT2D eigenvalue weighted by Gasteiger charge is 2.15. The fourth-order valence-electron chi connectivity index (χ4n) is 1.52. The lowest BCUT2D eigenvalue weighted by molar-refractivity contribution is 0.0690. The summed E-state index contributed by atoms with van der Waals surface area (Å²) in [5.74, 6) is 1.26. The van der Waals surface area contributed by atoms with E-state index in [1.807, 2.05) is 6.07 Å². The van der Waals surface area contributed by atoms with Crippen LogP contribution in [0, 0.1) is 12.3 Å². The Kier molecular flexibility index (Phi) is 2.88. The molecule has 84 valence electrons. The predicted octanol–water partition coefficient (Wildman–Crippen LogP) is 1.37. The molecule has 0 bridgehead atoms. The maximum atomic E-state index is 11.0. The molecule has 0 unspecified atom stereocenters. The Morgan fingerprint density at radius 3 is 2.88 bits per heavy atom. The molecule has 0 radical (unpaired) electrons. The van der Waals surface area contributed by atoms with E-state index in [0.29, 0.717) is 16.6 Å². The summed E-state index contributed by atoms with van der Waals surface area (Å²) in [4.78, 5) is 11.0. The largest absolute Gasteiger partial charge is 0.476 e. The third kappa shape index (κ3) is 2.01. The molecule has 2 N–H and O–H groups in total. The number of aromatic carboxylic acids is 1. The molecule has 0 fully saturated rings. The molecule has 0 amide bonds. The Labute approximate surface area is 97.5 Å². The first-order valence-corrected chi connectivity index (χ1v) is 4.90. The van der Waals surface area contributed by atoms with Gasteiger partial charge in [0.25, 0.3) is 0 Å². The van der Waals surface area contributed by atoms with Gasteiger partial charge in [-0.1, -0.05) is 24.1 Å². The smallest absolute Gasteiger partial charge is 0.358 e.